The number of benzene rings is 1. The predicted octanol–water partition coefficient (Wildman–Crippen LogP) is 3.75. The summed E-state index contributed by atoms with van der Waals surface area (Å²) in [4.78, 5) is 16.1. The van der Waals surface area contributed by atoms with Gasteiger partial charge in [-0.25, -0.2) is 9.78 Å². The second-order valence-electron chi connectivity index (χ2n) is 4.93. The first-order chi connectivity index (χ1) is 11.4. The van der Waals surface area contributed by atoms with Crippen molar-refractivity contribution in [2.24, 2.45) is 0 Å². The first-order valence-corrected chi connectivity index (χ1v) is 8.22. The number of rotatable bonds is 7. The van der Waals surface area contributed by atoms with Crippen LogP contribution in [0.25, 0.3) is 0 Å². The number of nitrogens with one attached hydrogen (secondary N) is 2. The molecule has 1 heterocycles. The van der Waals surface area contributed by atoms with Gasteiger partial charge in [-0.05, 0) is 18.6 Å². The molecule has 0 bridgehead atoms. The molecular weight excluding hydrogens is 341 g/mol. The molecule has 5 nitrogen and oxygen atoms in total. The Morgan fingerprint density at radius 2 is 2.08 bits per heavy atom. The lowest BCUT2D eigenvalue weighted by atomic mass is 10.3. The monoisotopic (exact) mass is 358 g/mol. The van der Waals surface area contributed by atoms with Crippen molar-refractivity contribution in [3.8, 4) is 0 Å². The maximum Gasteiger partial charge on any atom is 0.398 e. The van der Waals surface area contributed by atoms with Gasteiger partial charge in [-0.3, -0.25) is 0 Å². The van der Waals surface area contributed by atoms with Crippen molar-refractivity contribution in [3.63, 3.8) is 0 Å². The smallest absolute Gasteiger partial charge is 0.338 e. The second-order valence-corrected chi connectivity index (χ2v) is 5.95. The van der Waals surface area contributed by atoms with Gasteiger partial charge in [0.15, 0.2) is 0 Å². The Hall–Kier alpha value is -2.16. The Morgan fingerprint density at radius 3 is 2.79 bits per heavy atom. The maximum atomic E-state index is 12.3. The number of anilines is 1. The van der Waals surface area contributed by atoms with Crippen LogP contribution < -0.4 is 10.6 Å². The number of aryl methyl sites for hydroxylation is 1. The quantitative estimate of drug-likeness (QED) is 0.585. The lowest BCUT2D eigenvalue weighted by Crippen LogP contribution is -2.30. The molecule has 9 heteroatoms. The number of hydrogen-bond donors (Lipinski definition) is 2. The van der Waals surface area contributed by atoms with Crippen LogP contribution >= 0.6 is 11.8 Å². The summed E-state index contributed by atoms with van der Waals surface area (Å²) in [6, 6.07) is 5.97. The van der Waals surface area contributed by atoms with E-state index in [2.05, 4.69) is 15.6 Å². The number of amides is 2. The van der Waals surface area contributed by atoms with Gasteiger partial charge >= 0.3 is 12.2 Å². The van der Waals surface area contributed by atoms with E-state index in [9.17, 15) is 18.0 Å². The van der Waals surface area contributed by atoms with Gasteiger partial charge < -0.3 is 15.2 Å². The van der Waals surface area contributed by atoms with Gasteiger partial charge in [-0.2, -0.15) is 13.2 Å². The molecule has 0 aliphatic carbocycles. The van der Waals surface area contributed by atoms with Crippen LogP contribution in [-0.2, 0) is 6.54 Å². The maximum absolute atomic E-state index is 12.3. The van der Waals surface area contributed by atoms with Gasteiger partial charge in [0.25, 0.3) is 0 Å². The summed E-state index contributed by atoms with van der Waals surface area (Å²) in [5.74, 6) is -1.00. The Labute approximate surface area is 141 Å². The highest BCUT2D eigenvalue weighted by atomic mass is 32.2. The lowest BCUT2D eigenvalue weighted by Gasteiger charge is -2.12. The summed E-state index contributed by atoms with van der Waals surface area (Å²) in [5, 5.41) is 5.26. The van der Waals surface area contributed by atoms with Crippen molar-refractivity contribution in [2.75, 3.05) is 17.6 Å². The van der Waals surface area contributed by atoms with Gasteiger partial charge in [-0.1, -0.05) is 12.1 Å². The summed E-state index contributed by atoms with van der Waals surface area (Å²) in [5.41, 5.74) is 0.360. The number of carbonyl (C=O) groups excluding carboxylic acids is 1. The Bertz CT molecular complexity index is 646. The van der Waals surface area contributed by atoms with E-state index < -0.39 is 18.0 Å². The minimum Gasteiger partial charge on any atom is -0.338 e. The number of halogens is 3. The minimum atomic E-state index is -4.26. The molecule has 1 aromatic carbocycles. The summed E-state index contributed by atoms with van der Waals surface area (Å²) in [6.07, 6.45) is 1.65. The fourth-order valence-electron chi connectivity index (χ4n) is 1.90. The fourth-order valence-corrected chi connectivity index (χ4v) is 2.67. The zero-order valence-electron chi connectivity index (χ0n) is 12.7. The number of para-hydroxylation sites is 1. The number of urea groups is 1. The zero-order valence-corrected chi connectivity index (χ0v) is 13.5. The standard InChI is InChI=1S/C15H17F3N4OS/c16-15(17,18)10-24-13-5-2-1-4-12(13)21-14(23)20-6-3-8-22-9-7-19-11-22/h1-2,4-5,7,9,11H,3,6,8,10H2,(H2,20,21,23). The Kier molecular flexibility index (Phi) is 6.53. The van der Waals surface area contributed by atoms with Crippen LogP contribution in [0, 0.1) is 0 Å². The molecule has 0 atom stereocenters. The van der Waals surface area contributed by atoms with Gasteiger partial charge in [0.05, 0.1) is 17.8 Å². The van der Waals surface area contributed by atoms with Crippen molar-refractivity contribution < 1.29 is 18.0 Å². The SMILES string of the molecule is O=C(NCCCn1ccnc1)Nc1ccccc1SCC(F)(F)F. The molecule has 2 amide bonds. The van der Waals surface area contributed by atoms with Crippen LogP contribution in [0.15, 0.2) is 47.9 Å². The van der Waals surface area contributed by atoms with Crippen molar-refractivity contribution in [1.29, 1.82) is 0 Å². The number of imidazole rings is 1. The topological polar surface area (TPSA) is 59.0 Å². The normalized spacial score (nSPS) is 11.3. The summed E-state index contributed by atoms with van der Waals surface area (Å²) >= 11 is 0.645. The molecule has 2 aromatic rings. The third-order valence-electron chi connectivity index (χ3n) is 2.96. The van der Waals surface area contributed by atoms with Gasteiger partial charge in [-0.15, -0.1) is 11.8 Å². The van der Waals surface area contributed by atoms with Crippen molar-refractivity contribution >= 4 is 23.5 Å². The number of thioether (sulfide) groups is 1. The van der Waals surface area contributed by atoms with Crippen LogP contribution in [0.5, 0.6) is 0 Å². The van der Waals surface area contributed by atoms with Crippen LogP contribution in [-0.4, -0.2) is 34.1 Å². The minimum absolute atomic E-state index is 0.360. The van der Waals surface area contributed by atoms with Gasteiger partial charge in [0.1, 0.15) is 0 Å². The van der Waals surface area contributed by atoms with E-state index in [4.69, 9.17) is 0 Å². The highest BCUT2D eigenvalue weighted by Gasteiger charge is 2.27. The Balaban J connectivity index is 1.78. The molecule has 2 N–H and O–H groups in total. The van der Waals surface area contributed by atoms with E-state index in [1.54, 1.807) is 36.8 Å². The second kappa shape index (κ2) is 8.62. The van der Waals surface area contributed by atoms with E-state index in [0.29, 0.717) is 35.3 Å². The third-order valence-corrected chi connectivity index (χ3v) is 4.10. The zero-order chi connectivity index (χ0) is 17.4. The van der Waals surface area contributed by atoms with Crippen LogP contribution in [0.3, 0.4) is 0 Å². The molecule has 2 rings (SSSR count). The molecule has 0 aliphatic rings. The molecule has 0 saturated heterocycles. The number of hydrogen-bond acceptors (Lipinski definition) is 3. The van der Waals surface area contributed by atoms with Crippen molar-refractivity contribution in [3.05, 3.63) is 43.0 Å². The molecule has 0 unspecified atom stereocenters. The van der Waals surface area contributed by atoms with E-state index in [0.717, 1.165) is 6.54 Å². The molecule has 0 saturated carbocycles. The van der Waals surface area contributed by atoms with Gasteiger partial charge in [0.2, 0.25) is 0 Å². The van der Waals surface area contributed by atoms with Crippen molar-refractivity contribution in [1.82, 2.24) is 14.9 Å². The molecular formula is C15H17F3N4OS. The predicted molar refractivity (Wildman–Crippen MR) is 87.1 cm³/mol. The first kappa shape index (κ1) is 18.2. The van der Waals surface area contributed by atoms with Gasteiger partial charge in [0, 0.05) is 30.4 Å². The lowest BCUT2D eigenvalue weighted by molar-refractivity contribution is -0.105. The molecule has 0 radical (unpaired) electrons. The van der Waals surface area contributed by atoms with E-state index >= 15 is 0 Å². The molecule has 0 fully saturated rings. The number of aromatic nitrogens is 2. The molecule has 0 aliphatic heterocycles. The van der Waals surface area contributed by atoms with Crippen LogP contribution in [0.4, 0.5) is 23.7 Å². The average molecular weight is 358 g/mol. The number of alkyl halides is 3. The van der Waals surface area contributed by atoms with E-state index in [1.807, 2.05) is 10.8 Å². The van der Waals surface area contributed by atoms with E-state index in [-0.39, 0.29) is 0 Å². The van der Waals surface area contributed by atoms with E-state index in [1.165, 1.54) is 0 Å². The molecule has 1 aromatic heterocycles. The third kappa shape index (κ3) is 6.53. The highest BCUT2D eigenvalue weighted by Crippen LogP contribution is 2.31. The molecule has 24 heavy (non-hydrogen) atoms. The first-order valence-electron chi connectivity index (χ1n) is 7.23. The molecule has 0 spiro atoms. The van der Waals surface area contributed by atoms with Crippen molar-refractivity contribution in [2.45, 2.75) is 24.0 Å². The largest absolute Gasteiger partial charge is 0.398 e. The average Bonchev–Trinajstić information content (AvgIpc) is 3.03. The number of carbonyl (C=O) groups is 1. The van der Waals surface area contributed by atoms with Crippen LogP contribution in [0.1, 0.15) is 6.42 Å². The fraction of sp³-hybridized carbons (Fsp3) is 0.333. The Morgan fingerprint density at radius 1 is 1.29 bits per heavy atom. The summed E-state index contributed by atoms with van der Waals surface area (Å²) < 4.78 is 38.9. The molecule has 130 valence electrons. The number of nitrogens with zero attached hydrogens (tertiary/aromatic N) is 2. The summed E-state index contributed by atoms with van der Waals surface area (Å²) in [7, 11) is 0. The highest BCUT2D eigenvalue weighted by molar-refractivity contribution is 7.99. The van der Waals surface area contributed by atoms with Crippen LogP contribution in [0.2, 0.25) is 0 Å². The summed E-state index contributed by atoms with van der Waals surface area (Å²) in [6.45, 7) is 1.17.